The molecule has 0 aliphatic heterocycles. The van der Waals surface area contributed by atoms with E-state index in [9.17, 15) is 18.0 Å². The van der Waals surface area contributed by atoms with Gasteiger partial charge in [-0.15, -0.1) is 0 Å². The van der Waals surface area contributed by atoms with Gasteiger partial charge in [-0.3, -0.25) is 13.9 Å². The normalized spacial score (nSPS) is 12.3. The van der Waals surface area contributed by atoms with Crippen LogP contribution in [0.1, 0.15) is 48.6 Å². The number of nitrogens with one attached hydrogen (secondary N) is 1. The maximum Gasteiger partial charge on any atom is 0.264 e. The molecule has 7 nitrogen and oxygen atoms in total. The highest BCUT2D eigenvalue weighted by atomic mass is 35.5. The Morgan fingerprint density at radius 3 is 2.00 bits per heavy atom. The summed E-state index contributed by atoms with van der Waals surface area (Å²) in [4.78, 5) is 30.2. The summed E-state index contributed by atoms with van der Waals surface area (Å²) < 4.78 is 29.8. The molecule has 4 rings (SSSR count). The van der Waals surface area contributed by atoms with E-state index in [1.165, 1.54) is 17.0 Å². The minimum atomic E-state index is -4.23. The summed E-state index contributed by atoms with van der Waals surface area (Å²) in [5.74, 6) is -0.986. The van der Waals surface area contributed by atoms with Gasteiger partial charge in [-0.05, 0) is 88.6 Å². The van der Waals surface area contributed by atoms with Gasteiger partial charge in [0, 0.05) is 34.1 Å². The van der Waals surface area contributed by atoms with E-state index >= 15 is 0 Å². The van der Waals surface area contributed by atoms with Crippen LogP contribution in [0.25, 0.3) is 0 Å². The highest BCUT2D eigenvalue weighted by Crippen LogP contribution is 2.31. The Bertz CT molecular complexity index is 1820. The highest BCUT2D eigenvalue weighted by molar-refractivity contribution is 7.92. The Balaban J connectivity index is 1.88. The van der Waals surface area contributed by atoms with Crippen LogP contribution in [0.15, 0.2) is 95.9 Å². The Kier molecular flexibility index (Phi) is 11.4. The second-order valence-electron chi connectivity index (χ2n) is 12.8. The summed E-state index contributed by atoms with van der Waals surface area (Å²) in [7, 11) is -4.23. The molecule has 0 aromatic heterocycles. The zero-order chi connectivity index (χ0) is 34.5. The third kappa shape index (κ3) is 9.15. The topological polar surface area (TPSA) is 86.8 Å². The largest absolute Gasteiger partial charge is 0.350 e. The Morgan fingerprint density at radius 2 is 1.40 bits per heavy atom. The van der Waals surface area contributed by atoms with Crippen LogP contribution in [0.2, 0.25) is 10.0 Å². The Hall–Kier alpha value is -3.85. The SMILES string of the molecule is Cc1ccc(S(=O)(=O)N(CC(=O)N(Cc2c(Cl)cccc2Cl)[C@H](Cc2ccccc2)C(=O)NC(C)(C)C)c2cc(C)ccc2C)cc1. The van der Waals surface area contributed by atoms with Gasteiger partial charge < -0.3 is 10.2 Å². The lowest BCUT2D eigenvalue weighted by molar-refractivity contribution is -0.140. The first-order valence-electron chi connectivity index (χ1n) is 15.3. The first kappa shape index (κ1) is 36.0. The van der Waals surface area contributed by atoms with Gasteiger partial charge in [-0.25, -0.2) is 8.42 Å². The predicted octanol–water partition coefficient (Wildman–Crippen LogP) is 7.67. The van der Waals surface area contributed by atoms with Gasteiger partial charge in [0.2, 0.25) is 11.8 Å². The average Bonchev–Trinajstić information content (AvgIpc) is 3.00. The summed E-state index contributed by atoms with van der Waals surface area (Å²) in [5, 5.41) is 3.67. The second-order valence-corrected chi connectivity index (χ2v) is 15.5. The van der Waals surface area contributed by atoms with Gasteiger partial charge in [0.25, 0.3) is 10.0 Å². The number of rotatable bonds is 11. The molecule has 4 aromatic carbocycles. The number of hydrogen-bond acceptors (Lipinski definition) is 4. The van der Waals surface area contributed by atoms with Crippen molar-refractivity contribution in [2.24, 2.45) is 0 Å². The molecular formula is C37H41Cl2N3O4S. The fourth-order valence-corrected chi connectivity index (χ4v) is 7.19. The van der Waals surface area contributed by atoms with E-state index in [1.54, 1.807) is 43.3 Å². The minimum Gasteiger partial charge on any atom is -0.350 e. The van der Waals surface area contributed by atoms with E-state index in [0.717, 1.165) is 21.0 Å². The summed E-state index contributed by atoms with van der Waals surface area (Å²) >= 11 is 13.2. The van der Waals surface area contributed by atoms with Crippen LogP contribution in [0.5, 0.6) is 0 Å². The van der Waals surface area contributed by atoms with Crippen LogP contribution < -0.4 is 9.62 Å². The maximum atomic E-state index is 14.7. The molecule has 1 N–H and O–H groups in total. The predicted molar refractivity (Wildman–Crippen MR) is 190 cm³/mol. The molecule has 1 atom stereocenters. The van der Waals surface area contributed by atoms with E-state index in [2.05, 4.69) is 5.32 Å². The van der Waals surface area contributed by atoms with Crippen LogP contribution in [-0.4, -0.2) is 43.3 Å². The molecule has 0 saturated heterocycles. The molecule has 0 heterocycles. The lowest BCUT2D eigenvalue weighted by atomic mass is 10.0. The number of halogens is 2. The second kappa shape index (κ2) is 14.9. The van der Waals surface area contributed by atoms with E-state index in [4.69, 9.17) is 23.2 Å². The summed E-state index contributed by atoms with van der Waals surface area (Å²) in [6.07, 6.45) is 0.171. The number of nitrogens with zero attached hydrogens (tertiary/aromatic N) is 2. The molecule has 0 aliphatic carbocycles. The summed E-state index contributed by atoms with van der Waals surface area (Å²) in [5.41, 5.74) is 3.43. The molecule has 47 heavy (non-hydrogen) atoms. The molecule has 0 fully saturated rings. The zero-order valence-corrected chi connectivity index (χ0v) is 29.9. The molecule has 248 valence electrons. The fourth-order valence-electron chi connectivity index (χ4n) is 5.20. The van der Waals surface area contributed by atoms with Gasteiger partial charge >= 0.3 is 0 Å². The van der Waals surface area contributed by atoms with E-state index in [0.29, 0.717) is 26.9 Å². The molecule has 0 saturated carbocycles. The third-order valence-electron chi connectivity index (χ3n) is 7.68. The van der Waals surface area contributed by atoms with Crippen LogP contribution in [0.4, 0.5) is 5.69 Å². The lowest BCUT2D eigenvalue weighted by Crippen LogP contribution is -2.56. The molecule has 0 spiro atoms. The molecule has 0 unspecified atom stereocenters. The van der Waals surface area contributed by atoms with Crippen molar-refractivity contribution >= 4 is 50.7 Å². The molecule has 10 heteroatoms. The van der Waals surface area contributed by atoms with Crippen molar-refractivity contribution in [2.75, 3.05) is 10.8 Å². The van der Waals surface area contributed by atoms with E-state index in [-0.39, 0.29) is 17.9 Å². The summed E-state index contributed by atoms with van der Waals surface area (Å²) in [6, 6.07) is 25.3. The van der Waals surface area contributed by atoms with Gasteiger partial charge in [0.1, 0.15) is 12.6 Å². The van der Waals surface area contributed by atoms with Crippen LogP contribution in [-0.2, 0) is 32.6 Å². The van der Waals surface area contributed by atoms with Crippen molar-refractivity contribution in [3.63, 3.8) is 0 Å². The van der Waals surface area contributed by atoms with Crippen molar-refractivity contribution in [3.05, 3.63) is 129 Å². The zero-order valence-electron chi connectivity index (χ0n) is 27.6. The van der Waals surface area contributed by atoms with Crippen LogP contribution in [0, 0.1) is 20.8 Å². The number of carbonyl (C=O) groups excluding carboxylic acids is 2. The minimum absolute atomic E-state index is 0.0452. The van der Waals surface area contributed by atoms with Crippen molar-refractivity contribution in [1.82, 2.24) is 10.2 Å². The first-order chi connectivity index (χ1) is 22.1. The number of aryl methyl sites for hydroxylation is 3. The number of amides is 2. The van der Waals surface area contributed by atoms with E-state index in [1.807, 2.05) is 77.1 Å². The standard InChI is InChI=1S/C37H41Cl2N3O4S/c1-25-16-19-29(20-17-25)47(45,46)42(33-21-26(2)15-18-27(33)3)24-35(43)41(23-30-31(38)13-10-14-32(30)39)34(36(44)40-37(4,5)6)22-28-11-8-7-9-12-28/h7-21,34H,22-24H2,1-6H3,(H,40,44)/t34-/m1/s1. The Morgan fingerprint density at radius 1 is 0.809 bits per heavy atom. The third-order valence-corrected chi connectivity index (χ3v) is 10.2. The van der Waals surface area contributed by atoms with Crippen LogP contribution in [0.3, 0.4) is 0 Å². The maximum absolute atomic E-state index is 14.7. The van der Waals surface area contributed by atoms with E-state index < -0.39 is 40.0 Å². The van der Waals surface area contributed by atoms with Gasteiger partial charge in [-0.1, -0.05) is 89.4 Å². The smallest absolute Gasteiger partial charge is 0.264 e. The molecule has 2 amide bonds. The summed E-state index contributed by atoms with van der Waals surface area (Å²) in [6.45, 7) is 10.4. The number of carbonyl (C=O) groups is 2. The molecule has 4 aromatic rings. The van der Waals surface area contributed by atoms with Crippen molar-refractivity contribution in [3.8, 4) is 0 Å². The highest BCUT2D eigenvalue weighted by Gasteiger charge is 2.36. The van der Waals surface area contributed by atoms with Crippen molar-refractivity contribution < 1.29 is 18.0 Å². The molecule has 0 bridgehead atoms. The Labute approximate surface area is 288 Å². The molecule has 0 radical (unpaired) electrons. The van der Waals surface area contributed by atoms with Gasteiger partial charge in [0.05, 0.1) is 10.6 Å². The van der Waals surface area contributed by atoms with Gasteiger partial charge in [0.15, 0.2) is 0 Å². The number of benzene rings is 4. The first-order valence-corrected chi connectivity index (χ1v) is 17.5. The quantitative estimate of drug-likeness (QED) is 0.175. The van der Waals surface area contributed by atoms with Gasteiger partial charge in [-0.2, -0.15) is 0 Å². The molecule has 0 aliphatic rings. The van der Waals surface area contributed by atoms with Crippen molar-refractivity contribution in [2.45, 2.75) is 71.0 Å². The number of anilines is 1. The molecular weight excluding hydrogens is 653 g/mol. The number of sulfonamides is 1. The number of hydrogen-bond donors (Lipinski definition) is 1. The average molecular weight is 695 g/mol. The van der Waals surface area contributed by atoms with Crippen molar-refractivity contribution in [1.29, 1.82) is 0 Å². The van der Waals surface area contributed by atoms with Crippen LogP contribution >= 0.6 is 23.2 Å². The monoisotopic (exact) mass is 693 g/mol. The lowest BCUT2D eigenvalue weighted by Gasteiger charge is -2.36. The fraction of sp³-hybridized carbons (Fsp3) is 0.297.